The average Bonchev–Trinajstić information content (AvgIpc) is 2.22. The molecule has 0 aliphatic heterocycles. The van der Waals surface area contributed by atoms with Gasteiger partial charge in [0.15, 0.2) is 0 Å². The third kappa shape index (κ3) is 3.38. The number of nitrogens with two attached hydrogens (primary N) is 1. The van der Waals surface area contributed by atoms with Crippen molar-refractivity contribution in [3.63, 3.8) is 0 Å². The molecule has 0 aliphatic carbocycles. The molecule has 0 saturated heterocycles. The zero-order chi connectivity index (χ0) is 12.1. The normalized spacial score (nSPS) is 12.8. The van der Waals surface area contributed by atoms with Crippen LogP contribution in [0.25, 0.3) is 0 Å². The van der Waals surface area contributed by atoms with E-state index < -0.39 is 0 Å². The van der Waals surface area contributed by atoms with E-state index in [1.54, 1.807) is 13.3 Å². The first-order chi connectivity index (χ1) is 7.54. The number of nitrogens with one attached hydrogen (secondary N) is 1. The van der Waals surface area contributed by atoms with Crippen molar-refractivity contribution in [1.29, 1.82) is 0 Å². The lowest BCUT2D eigenvalue weighted by Crippen LogP contribution is -2.30. The minimum absolute atomic E-state index is 0.264. The standard InChI is InChI=1S/C12H21N3O/c1-8(2)11(7-16-4)15-12-5-9(3)10(13)6-14-12/h5-6,8,11H,7,13H2,1-4H3,(H,14,15). The van der Waals surface area contributed by atoms with Gasteiger partial charge in [-0.05, 0) is 24.5 Å². The van der Waals surface area contributed by atoms with E-state index in [0.717, 1.165) is 17.1 Å². The molecule has 1 unspecified atom stereocenters. The smallest absolute Gasteiger partial charge is 0.126 e. The van der Waals surface area contributed by atoms with Crippen molar-refractivity contribution in [1.82, 2.24) is 4.98 Å². The topological polar surface area (TPSA) is 60.2 Å². The Balaban J connectivity index is 2.73. The van der Waals surface area contributed by atoms with Crippen molar-refractivity contribution >= 4 is 11.5 Å². The fraction of sp³-hybridized carbons (Fsp3) is 0.583. The number of aromatic nitrogens is 1. The van der Waals surface area contributed by atoms with E-state index in [-0.39, 0.29) is 6.04 Å². The summed E-state index contributed by atoms with van der Waals surface area (Å²) < 4.78 is 5.18. The van der Waals surface area contributed by atoms with Gasteiger partial charge in [0.2, 0.25) is 0 Å². The van der Waals surface area contributed by atoms with Gasteiger partial charge >= 0.3 is 0 Å². The van der Waals surface area contributed by atoms with Crippen LogP contribution in [0.5, 0.6) is 0 Å². The van der Waals surface area contributed by atoms with Gasteiger partial charge in [-0.15, -0.1) is 0 Å². The second kappa shape index (κ2) is 5.70. The molecule has 90 valence electrons. The molecular weight excluding hydrogens is 202 g/mol. The van der Waals surface area contributed by atoms with Crippen LogP contribution in [0.1, 0.15) is 19.4 Å². The van der Waals surface area contributed by atoms with E-state index >= 15 is 0 Å². The van der Waals surface area contributed by atoms with Crippen LogP contribution >= 0.6 is 0 Å². The molecule has 16 heavy (non-hydrogen) atoms. The van der Waals surface area contributed by atoms with Crippen molar-refractivity contribution in [2.24, 2.45) is 5.92 Å². The molecular formula is C12H21N3O. The van der Waals surface area contributed by atoms with Crippen molar-refractivity contribution in [2.75, 3.05) is 24.8 Å². The number of nitrogen functional groups attached to an aromatic ring is 1. The largest absolute Gasteiger partial charge is 0.397 e. The third-order valence-corrected chi connectivity index (χ3v) is 2.64. The van der Waals surface area contributed by atoms with E-state index in [9.17, 15) is 0 Å². The highest BCUT2D eigenvalue weighted by Crippen LogP contribution is 2.16. The second-order valence-corrected chi connectivity index (χ2v) is 4.38. The number of hydrogen-bond donors (Lipinski definition) is 2. The average molecular weight is 223 g/mol. The Morgan fingerprint density at radius 1 is 1.50 bits per heavy atom. The Bertz CT molecular complexity index is 339. The van der Waals surface area contributed by atoms with Gasteiger partial charge in [-0.3, -0.25) is 0 Å². The summed E-state index contributed by atoms with van der Waals surface area (Å²) in [5, 5.41) is 3.36. The molecule has 0 saturated carbocycles. The first-order valence-electron chi connectivity index (χ1n) is 5.52. The van der Waals surface area contributed by atoms with E-state index in [1.807, 2.05) is 13.0 Å². The second-order valence-electron chi connectivity index (χ2n) is 4.38. The Kier molecular flexibility index (Phi) is 4.55. The van der Waals surface area contributed by atoms with Crippen LogP contribution in [0.4, 0.5) is 11.5 Å². The van der Waals surface area contributed by atoms with Crippen LogP contribution < -0.4 is 11.1 Å². The Hall–Kier alpha value is -1.29. The zero-order valence-corrected chi connectivity index (χ0v) is 10.4. The van der Waals surface area contributed by atoms with E-state index in [2.05, 4.69) is 24.1 Å². The summed E-state index contributed by atoms with van der Waals surface area (Å²) >= 11 is 0. The van der Waals surface area contributed by atoms with Crippen molar-refractivity contribution in [3.8, 4) is 0 Å². The number of anilines is 2. The van der Waals surface area contributed by atoms with E-state index in [1.165, 1.54) is 0 Å². The predicted molar refractivity (Wildman–Crippen MR) is 67.5 cm³/mol. The zero-order valence-electron chi connectivity index (χ0n) is 10.4. The lowest BCUT2D eigenvalue weighted by Gasteiger charge is -2.22. The lowest BCUT2D eigenvalue weighted by molar-refractivity contribution is 0.171. The molecule has 0 fully saturated rings. The fourth-order valence-corrected chi connectivity index (χ4v) is 1.42. The maximum Gasteiger partial charge on any atom is 0.126 e. The van der Waals surface area contributed by atoms with Gasteiger partial charge in [0.05, 0.1) is 24.5 Å². The molecule has 1 heterocycles. The predicted octanol–water partition coefficient (Wildman–Crippen LogP) is 2.06. The summed E-state index contributed by atoms with van der Waals surface area (Å²) in [7, 11) is 1.71. The Morgan fingerprint density at radius 2 is 2.19 bits per heavy atom. The minimum Gasteiger partial charge on any atom is -0.397 e. The number of aryl methyl sites for hydroxylation is 1. The van der Waals surface area contributed by atoms with Gasteiger partial charge < -0.3 is 15.8 Å². The molecule has 0 bridgehead atoms. The van der Waals surface area contributed by atoms with Crippen LogP contribution in [0.2, 0.25) is 0 Å². The van der Waals surface area contributed by atoms with Gasteiger partial charge in [0.25, 0.3) is 0 Å². The third-order valence-electron chi connectivity index (χ3n) is 2.64. The quantitative estimate of drug-likeness (QED) is 0.802. The Morgan fingerprint density at radius 3 is 2.69 bits per heavy atom. The van der Waals surface area contributed by atoms with Gasteiger partial charge in [-0.25, -0.2) is 4.98 Å². The van der Waals surface area contributed by atoms with Crippen molar-refractivity contribution in [3.05, 3.63) is 17.8 Å². The molecule has 0 aliphatic rings. The van der Waals surface area contributed by atoms with Crippen LogP contribution in [-0.4, -0.2) is 24.7 Å². The first kappa shape index (κ1) is 12.8. The number of hydrogen-bond acceptors (Lipinski definition) is 4. The van der Waals surface area contributed by atoms with Crippen molar-refractivity contribution < 1.29 is 4.74 Å². The summed E-state index contributed by atoms with van der Waals surface area (Å²) in [6, 6.07) is 2.22. The maximum atomic E-state index is 5.72. The first-order valence-corrected chi connectivity index (χ1v) is 5.52. The summed E-state index contributed by atoms with van der Waals surface area (Å²) in [4.78, 5) is 4.25. The summed E-state index contributed by atoms with van der Waals surface area (Å²) in [6.45, 7) is 6.95. The molecule has 4 nitrogen and oxygen atoms in total. The number of rotatable bonds is 5. The highest BCUT2D eigenvalue weighted by molar-refractivity contribution is 5.51. The molecule has 0 aromatic carbocycles. The molecule has 1 rings (SSSR count). The van der Waals surface area contributed by atoms with Gasteiger partial charge in [-0.2, -0.15) is 0 Å². The lowest BCUT2D eigenvalue weighted by atomic mass is 10.1. The summed E-state index contributed by atoms with van der Waals surface area (Å²) in [5.41, 5.74) is 7.48. The number of ether oxygens (including phenoxy) is 1. The van der Waals surface area contributed by atoms with Crippen LogP contribution in [0.3, 0.4) is 0 Å². The molecule has 0 radical (unpaired) electrons. The fourth-order valence-electron chi connectivity index (χ4n) is 1.42. The highest BCUT2D eigenvalue weighted by Gasteiger charge is 2.13. The molecule has 1 atom stereocenters. The SMILES string of the molecule is COCC(Nc1cc(C)c(N)cn1)C(C)C. The van der Waals surface area contributed by atoms with Crippen LogP contribution in [0, 0.1) is 12.8 Å². The van der Waals surface area contributed by atoms with Crippen LogP contribution in [0.15, 0.2) is 12.3 Å². The number of pyridine rings is 1. The summed E-state index contributed by atoms with van der Waals surface area (Å²) in [5.74, 6) is 1.34. The van der Waals surface area contributed by atoms with Gasteiger partial charge in [0.1, 0.15) is 5.82 Å². The molecule has 4 heteroatoms. The monoisotopic (exact) mass is 223 g/mol. The highest BCUT2D eigenvalue weighted by atomic mass is 16.5. The molecule has 3 N–H and O–H groups in total. The molecule has 0 spiro atoms. The summed E-state index contributed by atoms with van der Waals surface area (Å²) in [6.07, 6.45) is 1.68. The van der Waals surface area contributed by atoms with Gasteiger partial charge in [0, 0.05) is 7.11 Å². The Labute approximate surface area is 97.2 Å². The van der Waals surface area contributed by atoms with Gasteiger partial charge in [-0.1, -0.05) is 13.8 Å². The van der Waals surface area contributed by atoms with Crippen LogP contribution in [-0.2, 0) is 4.74 Å². The maximum absolute atomic E-state index is 5.72. The molecule has 1 aromatic rings. The number of methoxy groups -OCH3 is 1. The molecule has 0 amide bonds. The van der Waals surface area contributed by atoms with E-state index in [4.69, 9.17) is 10.5 Å². The minimum atomic E-state index is 0.264. The van der Waals surface area contributed by atoms with E-state index in [0.29, 0.717) is 12.5 Å². The van der Waals surface area contributed by atoms with Crippen molar-refractivity contribution in [2.45, 2.75) is 26.8 Å². The number of nitrogens with zero attached hydrogens (tertiary/aromatic N) is 1. The molecule has 1 aromatic heterocycles.